The second-order valence-corrected chi connectivity index (χ2v) is 4.22. The first-order chi connectivity index (χ1) is 8.09. The number of carbonyl (C=O) groups excluding carboxylic acids is 1. The van der Waals surface area contributed by atoms with Crippen LogP contribution >= 0.6 is 0 Å². The fourth-order valence-corrected chi connectivity index (χ4v) is 1.93. The molecule has 0 amide bonds. The van der Waals surface area contributed by atoms with Crippen molar-refractivity contribution in [2.75, 3.05) is 18.9 Å². The highest BCUT2D eigenvalue weighted by Gasteiger charge is 2.24. The average molecular weight is 239 g/mol. The van der Waals surface area contributed by atoms with Gasteiger partial charge >= 0.3 is 5.97 Å². The number of hydrogen-bond acceptors (Lipinski definition) is 5. The highest BCUT2D eigenvalue weighted by atomic mass is 16.6. The first-order valence-corrected chi connectivity index (χ1v) is 5.67. The molecule has 6 heteroatoms. The van der Waals surface area contributed by atoms with Crippen molar-refractivity contribution in [3.05, 3.63) is 11.4 Å². The molecule has 1 aliphatic rings. The van der Waals surface area contributed by atoms with Gasteiger partial charge in [0, 0.05) is 13.7 Å². The minimum atomic E-state index is -0.430. The maximum atomic E-state index is 11.9. The largest absolute Gasteiger partial charge is 0.455 e. The third-order valence-electron chi connectivity index (χ3n) is 2.85. The Morgan fingerprint density at radius 1 is 1.65 bits per heavy atom. The summed E-state index contributed by atoms with van der Waals surface area (Å²) in [7, 11) is 1.68. The van der Waals surface area contributed by atoms with Gasteiger partial charge in [-0.2, -0.15) is 5.10 Å². The van der Waals surface area contributed by atoms with Gasteiger partial charge in [-0.1, -0.05) is 0 Å². The molecule has 17 heavy (non-hydrogen) atoms. The molecule has 1 aliphatic heterocycles. The molecule has 1 aromatic heterocycles. The van der Waals surface area contributed by atoms with Crippen LogP contribution in [0.25, 0.3) is 0 Å². The molecule has 94 valence electrons. The Labute approximate surface area is 99.7 Å². The van der Waals surface area contributed by atoms with Crippen molar-refractivity contribution >= 4 is 11.7 Å². The SMILES string of the molecule is Cc1nn(C)c(C(=O)OC2CCCOC2)c1N. The van der Waals surface area contributed by atoms with E-state index in [4.69, 9.17) is 15.2 Å². The van der Waals surface area contributed by atoms with Crippen molar-refractivity contribution in [2.24, 2.45) is 7.05 Å². The zero-order chi connectivity index (χ0) is 12.4. The monoisotopic (exact) mass is 239 g/mol. The molecule has 0 saturated carbocycles. The molecule has 0 radical (unpaired) electrons. The van der Waals surface area contributed by atoms with E-state index in [9.17, 15) is 4.79 Å². The first kappa shape index (κ1) is 11.9. The summed E-state index contributed by atoms with van der Waals surface area (Å²) in [6.07, 6.45) is 1.58. The molecule has 6 nitrogen and oxygen atoms in total. The molecule has 1 saturated heterocycles. The van der Waals surface area contributed by atoms with Crippen molar-refractivity contribution in [3.8, 4) is 0 Å². The number of nitrogens with zero attached hydrogens (tertiary/aromatic N) is 2. The number of esters is 1. The van der Waals surface area contributed by atoms with Crippen LogP contribution in [-0.2, 0) is 16.5 Å². The maximum Gasteiger partial charge on any atom is 0.359 e. The van der Waals surface area contributed by atoms with Crippen LogP contribution in [-0.4, -0.2) is 35.1 Å². The summed E-state index contributed by atoms with van der Waals surface area (Å²) in [5, 5.41) is 4.08. The van der Waals surface area contributed by atoms with Crippen LogP contribution in [0.4, 0.5) is 5.69 Å². The van der Waals surface area contributed by atoms with Crippen LogP contribution in [0.3, 0.4) is 0 Å². The number of hydrogen-bond donors (Lipinski definition) is 1. The van der Waals surface area contributed by atoms with Gasteiger partial charge in [0.25, 0.3) is 0 Å². The molecule has 2 N–H and O–H groups in total. The summed E-state index contributed by atoms with van der Waals surface area (Å²) in [5.74, 6) is -0.430. The summed E-state index contributed by atoms with van der Waals surface area (Å²) < 4.78 is 12.1. The third kappa shape index (κ3) is 2.41. The molecule has 2 rings (SSSR count). The Morgan fingerprint density at radius 3 is 2.94 bits per heavy atom. The topological polar surface area (TPSA) is 79.4 Å². The molecule has 0 aliphatic carbocycles. The van der Waals surface area contributed by atoms with Gasteiger partial charge in [0.05, 0.1) is 18.0 Å². The second-order valence-electron chi connectivity index (χ2n) is 4.22. The van der Waals surface area contributed by atoms with Gasteiger partial charge in [0.1, 0.15) is 6.10 Å². The number of nitrogen functional groups attached to an aromatic ring is 1. The van der Waals surface area contributed by atoms with Crippen LogP contribution < -0.4 is 5.73 Å². The zero-order valence-electron chi connectivity index (χ0n) is 10.1. The fourth-order valence-electron chi connectivity index (χ4n) is 1.93. The van der Waals surface area contributed by atoms with Gasteiger partial charge in [-0.25, -0.2) is 4.79 Å². The van der Waals surface area contributed by atoms with Crippen LogP contribution in [0, 0.1) is 6.92 Å². The third-order valence-corrected chi connectivity index (χ3v) is 2.85. The Morgan fingerprint density at radius 2 is 2.41 bits per heavy atom. The van der Waals surface area contributed by atoms with Gasteiger partial charge in [-0.05, 0) is 19.8 Å². The Bertz CT molecular complexity index is 422. The van der Waals surface area contributed by atoms with E-state index in [1.165, 1.54) is 4.68 Å². The van der Waals surface area contributed by atoms with Crippen LogP contribution in [0.1, 0.15) is 29.0 Å². The lowest BCUT2D eigenvalue weighted by atomic mass is 10.2. The molecule has 2 heterocycles. The predicted octanol–water partition coefficient (Wildman–Crippen LogP) is 0.647. The summed E-state index contributed by atoms with van der Waals surface area (Å²) in [6.45, 7) is 2.96. The van der Waals surface area contributed by atoms with Gasteiger partial charge in [0.2, 0.25) is 0 Å². The summed E-state index contributed by atoms with van der Waals surface area (Å²) in [5.41, 5.74) is 7.13. The van der Waals surface area contributed by atoms with Crippen LogP contribution in [0.5, 0.6) is 0 Å². The average Bonchev–Trinajstić information content (AvgIpc) is 2.54. The smallest absolute Gasteiger partial charge is 0.359 e. The number of nitrogens with two attached hydrogens (primary N) is 1. The number of aromatic nitrogens is 2. The standard InChI is InChI=1S/C11H17N3O3/c1-7-9(12)10(14(2)13-7)11(15)17-8-4-3-5-16-6-8/h8H,3-6,12H2,1-2H3. The maximum absolute atomic E-state index is 11.9. The van der Waals surface area contributed by atoms with Crippen molar-refractivity contribution in [1.29, 1.82) is 0 Å². The van der Waals surface area contributed by atoms with Gasteiger partial charge < -0.3 is 15.2 Å². The number of anilines is 1. The zero-order valence-corrected chi connectivity index (χ0v) is 10.1. The van der Waals surface area contributed by atoms with E-state index < -0.39 is 5.97 Å². The number of ether oxygens (including phenoxy) is 2. The molecule has 1 unspecified atom stereocenters. The number of rotatable bonds is 2. The van der Waals surface area contributed by atoms with E-state index in [0.717, 1.165) is 19.4 Å². The highest BCUT2D eigenvalue weighted by molar-refractivity contribution is 5.93. The first-order valence-electron chi connectivity index (χ1n) is 5.67. The summed E-state index contributed by atoms with van der Waals surface area (Å²) >= 11 is 0. The minimum Gasteiger partial charge on any atom is -0.455 e. The molecule has 0 spiro atoms. The molecule has 1 aromatic rings. The Hall–Kier alpha value is -1.56. The van der Waals surface area contributed by atoms with Crippen LogP contribution in [0.15, 0.2) is 0 Å². The van der Waals surface area contributed by atoms with Crippen molar-refractivity contribution < 1.29 is 14.3 Å². The van der Waals surface area contributed by atoms with Crippen LogP contribution in [0.2, 0.25) is 0 Å². The van der Waals surface area contributed by atoms with E-state index in [-0.39, 0.29) is 6.10 Å². The lowest BCUT2D eigenvalue weighted by Crippen LogP contribution is -2.29. The normalized spacial score (nSPS) is 20.2. The Balaban J connectivity index is 2.08. The minimum absolute atomic E-state index is 0.175. The fraction of sp³-hybridized carbons (Fsp3) is 0.636. The van der Waals surface area contributed by atoms with Gasteiger partial charge in [-0.3, -0.25) is 4.68 Å². The molecule has 0 bridgehead atoms. The second kappa shape index (κ2) is 4.75. The van der Waals surface area contributed by atoms with Crippen molar-refractivity contribution in [3.63, 3.8) is 0 Å². The van der Waals surface area contributed by atoms with Gasteiger partial charge in [-0.15, -0.1) is 0 Å². The molecule has 1 atom stereocenters. The highest BCUT2D eigenvalue weighted by Crippen LogP contribution is 2.18. The summed E-state index contributed by atoms with van der Waals surface area (Å²) in [4.78, 5) is 11.9. The van der Waals surface area contributed by atoms with E-state index in [1.54, 1.807) is 14.0 Å². The molecule has 1 fully saturated rings. The Kier molecular flexibility index (Phi) is 3.33. The summed E-state index contributed by atoms with van der Waals surface area (Å²) in [6, 6.07) is 0. The van der Waals surface area contributed by atoms with Crippen molar-refractivity contribution in [1.82, 2.24) is 9.78 Å². The lowest BCUT2D eigenvalue weighted by molar-refractivity contribution is -0.0311. The number of carbonyl (C=O) groups is 1. The van der Waals surface area contributed by atoms with Gasteiger partial charge in [0.15, 0.2) is 5.69 Å². The molecular weight excluding hydrogens is 222 g/mol. The predicted molar refractivity (Wildman–Crippen MR) is 61.6 cm³/mol. The molecular formula is C11H17N3O3. The molecule has 0 aromatic carbocycles. The quantitative estimate of drug-likeness (QED) is 0.766. The lowest BCUT2D eigenvalue weighted by Gasteiger charge is -2.22. The van der Waals surface area contributed by atoms with E-state index >= 15 is 0 Å². The number of aryl methyl sites for hydroxylation is 2. The van der Waals surface area contributed by atoms with E-state index in [0.29, 0.717) is 23.7 Å². The van der Waals surface area contributed by atoms with E-state index in [2.05, 4.69) is 5.10 Å². The van der Waals surface area contributed by atoms with Crippen molar-refractivity contribution in [2.45, 2.75) is 25.9 Å². The van der Waals surface area contributed by atoms with E-state index in [1.807, 2.05) is 0 Å².